The van der Waals surface area contributed by atoms with Gasteiger partial charge in [-0.2, -0.15) is 0 Å². The van der Waals surface area contributed by atoms with Crippen LogP contribution in [0.25, 0.3) is 0 Å². The first-order valence-corrected chi connectivity index (χ1v) is 9.36. The molecule has 0 aromatic heterocycles. The van der Waals surface area contributed by atoms with E-state index in [1.54, 1.807) is 0 Å². The maximum Gasteiger partial charge on any atom is 0.242 e. The Kier molecular flexibility index (Phi) is 8.27. The Bertz CT molecular complexity index is 638. The smallest absolute Gasteiger partial charge is 0.242 e. The van der Waals surface area contributed by atoms with Crippen molar-refractivity contribution in [3.05, 3.63) is 29.3 Å². The van der Waals surface area contributed by atoms with Crippen molar-refractivity contribution in [2.45, 2.75) is 38.3 Å². The molecule has 1 amide bonds. The quantitative estimate of drug-likeness (QED) is 0.325. The van der Waals surface area contributed by atoms with Gasteiger partial charge < -0.3 is 20.9 Å². The summed E-state index contributed by atoms with van der Waals surface area (Å²) < 4.78 is 0. The number of anilines is 1. The van der Waals surface area contributed by atoms with E-state index < -0.39 is 0 Å². The van der Waals surface area contributed by atoms with Crippen LogP contribution in [-0.4, -0.2) is 50.1 Å². The second-order valence-electron chi connectivity index (χ2n) is 6.59. The van der Waals surface area contributed by atoms with Crippen LogP contribution in [-0.2, 0) is 4.79 Å². The molecule has 1 atom stereocenters. The molecule has 26 heavy (non-hydrogen) atoms. The van der Waals surface area contributed by atoms with Crippen molar-refractivity contribution in [1.29, 1.82) is 0 Å². The molecule has 144 valence electrons. The van der Waals surface area contributed by atoms with Gasteiger partial charge in [-0.15, -0.1) is 24.0 Å². The minimum Gasteiger partial charge on any atom is -0.369 e. The van der Waals surface area contributed by atoms with Crippen LogP contribution in [0, 0.1) is 0 Å². The van der Waals surface area contributed by atoms with Gasteiger partial charge in [0.2, 0.25) is 5.91 Å². The lowest BCUT2D eigenvalue weighted by Crippen LogP contribution is -2.45. The highest BCUT2D eigenvalue weighted by Crippen LogP contribution is 2.23. The van der Waals surface area contributed by atoms with Gasteiger partial charge in [0.1, 0.15) is 6.54 Å². The highest BCUT2D eigenvalue weighted by Gasteiger charge is 2.24. The van der Waals surface area contributed by atoms with Gasteiger partial charge in [-0.05, 0) is 44.4 Å². The maximum atomic E-state index is 11.8. The normalized spacial score (nSPS) is 19.7. The van der Waals surface area contributed by atoms with Gasteiger partial charge in [-0.1, -0.05) is 17.7 Å². The minimum atomic E-state index is -0.00770. The second kappa shape index (κ2) is 10.2. The second-order valence-corrected chi connectivity index (χ2v) is 7.03. The van der Waals surface area contributed by atoms with Crippen molar-refractivity contribution in [1.82, 2.24) is 16.0 Å². The lowest BCUT2D eigenvalue weighted by Gasteiger charge is -2.20. The van der Waals surface area contributed by atoms with Gasteiger partial charge in [0.25, 0.3) is 0 Å². The van der Waals surface area contributed by atoms with Crippen LogP contribution in [0.15, 0.2) is 29.3 Å². The zero-order valence-electron chi connectivity index (χ0n) is 15.0. The molecule has 1 aliphatic carbocycles. The third-order valence-electron chi connectivity index (χ3n) is 4.37. The van der Waals surface area contributed by atoms with Gasteiger partial charge in [-0.3, -0.25) is 4.79 Å². The number of benzene rings is 1. The van der Waals surface area contributed by atoms with Crippen LogP contribution in [0.4, 0.5) is 5.69 Å². The summed E-state index contributed by atoms with van der Waals surface area (Å²) in [6.07, 6.45) is 3.20. The maximum absolute atomic E-state index is 11.8. The molecule has 1 heterocycles. The number of nitrogens with zero attached hydrogens (tertiary/aromatic N) is 2. The molecule has 2 aliphatic rings. The molecule has 6 nitrogen and oxygen atoms in total. The predicted octanol–water partition coefficient (Wildman–Crippen LogP) is 2.37. The van der Waals surface area contributed by atoms with Crippen molar-refractivity contribution >= 4 is 53.1 Å². The number of carbonyl (C=O) groups excluding carboxylic acids is 1. The van der Waals surface area contributed by atoms with Crippen molar-refractivity contribution in [2.24, 2.45) is 4.99 Å². The number of hydrogen-bond acceptors (Lipinski definition) is 3. The van der Waals surface area contributed by atoms with E-state index in [0.29, 0.717) is 18.0 Å². The molecule has 3 N–H and O–H groups in total. The summed E-state index contributed by atoms with van der Waals surface area (Å²) in [5.74, 6) is 0.693. The van der Waals surface area contributed by atoms with Crippen molar-refractivity contribution in [3.63, 3.8) is 0 Å². The molecule has 1 aliphatic heterocycles. The van der Waals surface area contributed by atoms with E-state index in [-0.39, 0.29) is 36.4 Å². The SMILES string of the molecule is CCNC(=NCC(=O)NC1CC1)NC1CCN(c2cccc(Cl)c2)C1.I. The molecule has 8 heteroatoms. The summed E-state index contributed by atoms with van der Waals surface area (Å²) in [7, 11) is 0. The van der Waals surface area contributed by atoms with E-state index in [4.69, 9.17) is 11.6 Å². The fourth-order valence-corrected chi connectivity index (χ4v) is 3.14. The molecule has 0 bridgehead atoms. The Balaban J connectivity index is 0.00000243. The van der Waals surface area contributed by atoms with E-state index in [1.807, 2.05) is 25.1 Å². The van der Waals surface area contributed by atoms with Gasteiger partial charge in [-0.25, -0.2) is 4.99 Å². The fourth-order valence-electron chi connectivity index (χ4n) is 2.95. The lowest BCUT2D eigenvalue weighted by molar-refractivity contribution is -0.119. The largest absolute Gasteiger partial charge is 0.369 e. The van der Waals surface area contributed by atoms with Gasteiger partial charge in [0.05, 0.1) is 0 Å². The number of halogens is 2. The monoisotopic (exact) mass is 491 g/mol. The van der Waals surface area contributed by atoms with Crippen molar-refractivity contribution in [2.75, 3.05) is 31.1 Å². The van der Waals surface area contributed by atoms with Gasteiger partial charge >= 0.3 is 0 Å². The fraction of sp³-hybridized carbons (Fsp3) is 0.556. The predicted molar refractivity (Wildman–Crippen MR) is 118 cm³/mol. The minimum absolute atomic E-state index is 0. The number of nitrogens with one attached hydrogen (secondary N) is 3. The van der Waals surface area contributed by atoms with Crippen LogP contribution in [0.3, 0.4) is 0 Å². The van der Waals surface area contributed by atoms with Gasteiger partial charge in [0, 0.05) is 42.4 Å². The van der Waals surface area contributed by atoms with E-state index in [9.17, 15) is 4.79 Å². The number of hydrogen-bond donors (Lipinski definition) is 3. The highest BCUT2D eigenvalue weighted by atomic mass is 127. The third-order valence-corrected chi connectivity index (χ3v) is 4.61. The Morgan fingerprint density at radius 3 is 2.77 bits per heavy atom. The lowest BCUT2D eigenvalue weighted by atomic mass is 10.3. The van der Waals surface area contributed by atoms with Crippen LogP contribution in [0.5, 0.6) is 0 Å². The summed E-state index contributed by atoms with van der Waals surface area (Å²) in [5, 5.41) is 10.4. The molecule has 0 radical (unpaired) electrons. The average Bonchev–Trinajstić information content (AvgIpc) is 3.28. The molecule has 2 fully saturated rings. The molecule has 1 saturated carbocycles. The van der Waals surface area contributed by atoms with Crippen LogP contribution < -0.4 is 20.9 Å². The zero-order chi connectivity index (χ0) is 17.6. The van der Waals surface area contributed by atoms with Gasteiger partial charge in [0.15, 0.2) is 5.96 Å². The molecule has 1 aromatic carbocycles. The van der Waals surface area contributed by atoms with Crippen molar-refractivity contribution in [3.8, 4) is 0 Å². The number of amides is 1. The summed E-state index contributed by atoms with van der Waals surface area (Å²) in [6, 6.07) is 8.60. The third kappa shape index (κ3) is 6.50. The Labute approximate surface area is 177 Å². The first-order valence-electron chi connectivity index (χ1n) is 8.98. The number of carbonyl (C=O) groups is 1. The first-order chi connectivity index (χ1) is 12.1. The Hall–Kier alpha value is -1.22. The standard InChI is InChI=1S/C18H26ClN5O.HI/c1-2-20-18(21-11-17(25)22-14-6-7-14)23-15-8-9-24(12-15)16-5-3-4-13(19)10-16;/h3-5,10,14-15H,2,6-9,11-12H2,1H3,(H,22,25)(H2,20,21,23);1H. The molecule has 0 spiro atoms. The highest BCUT2D eigenvalue weighted by molar-refractivity contribution is 14.0. The van der Waals surface area contributed by atoms with E-state index in [2.05, 4.69) is 31.9 Å². The first kappa shape index (κ1) is 21.1. The van der Waals surface area contributed by atoms with E-state index in [1.165, 1.54) is 0 Å². The van der Waals surface area contributed by atoms with E-state index >= 15 is 0 Å². The number of rotatable bonds is 6. The molecule has 3 rings (SSSR count). The number of guanidine groups is 1. The average molecular weight is 492 g/mol. The van der Waals surface area contributed by atoms with Crippen LogP contribution >= 0.6 is 35.6 Å². The van der Waals surface area contributed by atoms with Crippen molar-refractivity contribution < 1.29 is 4.79 Å². The Morgan fingerprint density at radius 2 is 2.08 bits per heavy atom. The topological polar surface area (TPSA) is 68.8 Å². The summed E-state index contributed by atoms with van der Waals surface area (Å²) >= 11 is 6.09. The number of aliphatic imine (C=N–C) groups is 1. The van der Waals surface area contributed by atoms with Crippen LogP contribution in [0.1, 0.15) is 26.2 Å². The van der Waals surface area contributed by atoms with Crippen LogP contribution in [0.2, 0.25) is 5.02 Å². The summed E-state index contributed by atoms with van der Waals surface area (Å²) in [6.45, 7) is 4.81. The molecule has 1 aromatic rings. The molecule has 1 saturated heterocycles. The molecular weight excluding hydrogens is 465 g/mol. The zero-order valence-corrected chi connectivity index (χ0v) is 18.1. The molecule has 1 unspecified atom stereocenters. The molecular formula is C18H27ClIN5O. The Morgan fingerprint density at radius 1 is 1.27 bits per heavy atom. The van der Waals surface area contributed by atoms with E-state index in [0.717, 1.165) is 49.6 Å². The summed E-state index contributed by atoms with van der Waals surface area (Å²) in [4.78, 5) is 18.5. The summed E-state index contributed by atoms with van der Waals surface area (Å²) in [5.41, 5.74) is 1.14.